The Morgan fingerprint density at radius 3 is 2.29 bits per heavy atom. The van der Waals surface area contributed by atoms with Gasteiger partial charge in [-0.1, -0.05) is 60.7 Å². The standard InChI is InChI=1S/C64H75F2N9O8.ClH/c1-39-33-73(50(32-68-39)35-72-24-27-83-37-40(72)2)36-57(77)75-38-64(4,52-20-14-44(29-55(52)75)28-42-10-16-48(65)17-11-42)63(81)69-49-18-12-43(13-19-49)30-56(76)46-15-21-53(66)54(31-46)70-61(79)59-51-9-7-6-8-47(51)34-74(59)62(80)58(45-22-25-82-26-23-45)71-60(78)41(3)67-5;/h6-21,29,31,39-41,45,50,58-59,67-68H,22-28,30,32-38H2,1-5H3,(H,69,81)(H,70,79)(H,71,78);1H/t39-,40-,41+,50-,58+,59+,64?;/m1./s1. The van der Waals surface area contributed by atoms with Gasteiger partial charge >= 0.3 is 0 Å². The summed E-state index contributed by atoms with van der Waals surface area (Å²) in [6, 6.07) is 27.8. The van der Waals surface area contributed by atoms with Gasteiger partial charge in [-0.25, -0.2) is 8.78 Å². The summed E-state index contributed by atoms with van der Waals surface area (Å²) in [6.07, 6.45) is 1.48. The topological polar surface area (TPSA) is 194 Å². The van der Waals surface area contributed by atoms with Crippen LogP contribution in [0.4, 0.5) is 25.8 Å². The average Bonchev–Trinajstić information content (AvgIpc) is 2.23. The maximum Gasteiger partial charge on any atom is 0.251 e. The van der Waals surface area contributed by atoms with Crippen LogP contribution in [-0.2, 0) is 58.2 Å². The van der Waals surface area contributed by atoms with E-state index >= 15 is 4.39 Å². The molecular formula is C64H76ClF2N9O8. The fraction of sp³-hybridized carbons (Fsp3) is 0.438. The Hall–Kier alpha value is -6.97. The lowest BCUT2D eigenvalue weighted by Crippen LogP contribution is -2.62. The Labute approximate surface area is 496 Å². The van der Waals surface area contributed by atoms with Crippen molar-refractivity contribution in [3.63, 3.8) is 0 Å². The zero-order chi connectivity index (χ0) is 58.5. The van der Waals surface area contributed by atoms with Crippen molar-refractivity contribution in [3.8, 4) is 0 Å². The normalized spacial score (nSPS) is 22.5. The molecule has 17 nitrogen and oxygen atoms in total. The first-order valence-electron chi connectivity index (χ1n) is 28.9. The summed E-state index contributed by atoms with van der Waals surface area (Å²) >= 11 is 0. The van der Waals surface area contributed by atoms with Crippen LogP contribution in [0.25, 0.3) is 0 Å². The summed E-state index contributed by atoms with van der Waals surface area (Å²) in [5.41, 5.74) is 4.31. The molecule has 7 atom stereocenters. The van der Waals surface area contributed by atoms with Gasteiger partial charge in [-0.15, -0.1) is 12.4 Å². The summed E-state index contributed by atoms with van der Waals surface area (Å²) in [6.45, 7) is 13.4. The number of piperazine rings is 1. The van der Waals surface area contributed by atoms with Gasteiger partial charge in [0.2, 0.25) is 23.6 Å². The smallest absolute Gasteiger partial charge is 0.251 e. The van der Waals surface area contributed by atoms with E-state index in [0.29, 0.717) is 80.3 Å². The number of carbonyl (C=O) groups is 6. The van der Waals surface area contributed by atoms with Crippen LogP contribution in [0.5, 0.6) is 0 Å². The largest absolute Gasteiger partial charge is 0.381 e. The van der Waals surface area contributed by atoms with Crippen molar-refractivity contribution in [2.75, 3.05) is 88.3 Å². The van der Waals surface area contributed by atoms with E-state index in [1.165, 1.54) is 29.2 Å². The van der Waals surface area contributed by atoms with Crippen LogP contribution >= 0.6 is 12.4 Å². The molecule has 0 radical (unpaired) electrons. The van der Waals surface area contributed by atoms with Crippen molar-refractivity contribution in [2.24, 2.45) is 5.92 Å². The van der Waals surface area contributed by atoms with Crippen molar-refractivity contribution in [2.45, 2.75) is 102 Å². The van der Waals surface area contributed by atoms with Gasteiger partial charge in [-0.3, -0.25) is 38.6 Å². The van der Waals surface area contributed by atoms with Gasteiger partial charge in [-0.2, -0.15) is 0 Å². The predicted molar refractivity (Wildman–Crippen MR) is 319 cm³/mol. The van der Waals surface area contributed by atoms with Crippen LogP contribution in [0.1, 0.15) is 90.3 Å². The maximum absolute atomic E-state index is 15.7. The van der Waals surface area contributed by atoms with E-state index in [1.807, 2.05) is 37.3 Å². The summed E-state index contributed by atoms with van der Waals surface area (Å²) < 4.78 is 40.8. The molecule has 0 saturated carbocycles. The number of fused-ring (bicyclic) bond motifs is 2. The second-order valence-electron chi connectivity index (χ2n) is 23.2. The number of Topliss-reactive ketones (excluding diaryl/α,β-unsaturated/α-hetero) is 1. The van der Waals surface area contributed by atoms with Gasteiger partial charge < -0.3 is 45.9 Å². The van der Waals surface area contributed by atoms with Gasteiger partial charge in [0.1, 0.15) is 23.7 Å². The maximum atomic E-state index is 15.7. The number of anilines is 3. The Balaban J connectivity index is 0.00000846. The summed E-state index contributed by atoms with van der Waals surface area (Å²) in [4.78, 5) is 93.5. The first-order chi connectivity index (χ1) is 40.0. The van der Waals surface area contributed by atoms with Crippen LogP contribution in [0.2, 0.25) is 0 Å². The van der Waals surface area contributed by atoms with Crippen LogP contribution in [0, 0.1) is 17.6 Å². The molecule has 5 N–H and O–H groups in total. The number of morpholine rings is 1. The van der Waals surface area contributed by atoms with E-state index in [-0.39, 0.29) is 103 Å². The van der Waals surface area contributed by atoms with E-state index in [4.69, 9.17) is 9.47 Å². The van der Waals surface area contributed by atoms with Crippen molar-refractivity contribution >= 4 is 64.8 Å². The zero-order valence-electron chi connectivity index (χ0n) is 48.3. The van der Waals surface area contributed by atoms with E-state index < -0.39 is 41.2 Å². The molecule has 3 fully saturated rings. The molecule has 5 aliphatic heterocycles. The van der Waals surface area contributed by atoms with Crippen LogP contribution in [-0.4, -0.2) is 153 Å². The highest BCUT2D eigenvalue weighted by Gasteiger charge is 2.48. The lowest BCUT2D eigenvalue weighted by Gasteiger charge is -2.43. The predicted octanol–water partition coefficient (Wildman–Crippen LogP) is 6.57. The fourth-order valence-corrected chi connectivity index (χ4v) is 12.2. The third-order valence-electron chi connectivity index (χ3n) is 17.3. The first kappa shape index (κ1) is 61.6. The molecular weight excluding hydrogens is 1100 g/mol. The minimum atomic E-state index is -1.16. The summed E-state index contributed by atoms with van der Waals surface area (Å²) in [7, 11) is 1.65. The molecule has 1 unspecified atom stereocenters. The Morgan fingerprint density at radius 2 is 1.55 bits per heavy atom. The number of ketones is 1. The van der Waals surface area contributed by atoms with E-state index in [9.17, 15) is 33.2 Å². The number of likely N-dealkylation sites (N-methyl/N-ethyl adjacent to an activating group) is 1. The number of halogens is 3. The number of hydrogen-bond donors (Lipinski definition) is 5. The molecule has 0 bridgehead atoms. The summed E-state index contributed by atoms with van der Waals surface area (Å²) in [5, 5.41) is 15.2. The van der Waals surface area contributed by atoms with Crippen molar-refractivity contribution in [1.82, 2.24) is 30.7 Å². The minimum Gasteiger partial charge on any atom is -0.381 e. The highest BCUT2D eigenvalue weighted by Crippen LogP contribution is 2.43. The quantitative estimate of drug-likeness (QED) is 0.0594. The summed E-state index contributed by atoms with van der Waals surface area (Å²) in [5.74, 6) is -3.62. The zero-order valence-corrected chi connectivity index (χ0v) is 49.1. The van der Waals surface area contributed by atoms with Gasteiger partial charge in [0, 0.05) is 94.0 Å². The number of carbonyl (C=O) groups excluding carboxylic acids is 6. The van der Waals surface area contributed by atoms with Gasteiger partial charge in [0.05, 0.1) is 36.9 Å². The lowest BCUT2D eigenvalue weighted by molar-refractivity contribution is -0.144. The van der Waals surface area contributed by atoms with Gasteiger partial charge in [0.25, 0.3) is 5.91 Å². The minimum absolute atomic E-state index is 0. The van der Waals surface area contributed by atoms with Crippen LogP contribution < -0.4 is 31.5 Å². The fourth-order valence-electron chi connectivity index (χ4n) is 12.2. The number of benzene rings is 5. The van der Waals surface area contributed by atoms with E-state index in [1.54, 1.807) is 67.4 Å². The number of hydrogen-bond acceptors (Lipinski definition) is 12. The van der Waals surface area contributed by atoms with Gasteiger partial charge in [0.15, 0.2) is 5.78 Å². The van der Waals surface area contributed by atoms with Crippen molar-refractivity contribution < 1.29 is 47.0 Å². The molecule has 0 aliphatic carbocycles. The number of nitrogens with zero attached hydrogens (tertiary/aromatic N) is 4. The van der Waals surface area contributed by atoms with Crippen LogP contribution in [0.3, 0.4) is 0 Å². The molecule has 5 heterocycles. The number of nitrogens with one attached hydrogen (secondary N) is 5. The highest BCUT2D eigenvalue weighted by molar-refractivity contribution is 6.07. The van der Waals surface area contributed by atoms with Crippen molar-refractivity contribution in [1.29, 1.82) is 0 Å². The molecule has 5 aromatic carbocycles. The average molecular weight is 1170 g/mol. The first-order valence-corrected chi connectivity index (χ1v) is 28.9. The van der Waals surface area contributed by atoms with E-state index in [0.717, 1.165) is 42.4 Å². The number of ether oxygens (including phenoxy) is 2. The molecule has 5 amide bonds. The Bertz CT molecular complexity index is 3220. The second-order valence-corrected chi connectivity index (χ2v) is 23.2. The molecule has 0 aromatic heterocycles. The van der Waals surface area contributed by atoms with Crippen molar-refractivity contribution in [3.05, 3.63) is 160 Å². The molecule has 5 aliphatic rings. The molecule has 20 heteroatoms. The molecule has 446 valence electrons. The molecule has 0 spiro atoms. The monoisotopic (exact) mass is 1170 g/mol. The molecule has 10 rings (SSSR count). The third-order valence-corrected chi connectivity index (χ3v) is 17.3. The molecule has 5 aromatic rings. The van der Waals surface area contributed by atoms with E-state index in [2.05, 4.69) is 50.2 Å². The SMILES string of the molecule is CN[C@@H](C)C(=O)N[C@H](C(=O)N1Cc2ccccc2[C@H]1C(=O)Nc1cc(C(=O)Cc2ccc(NC(=O)C3(C)CN(C(=O)CN4C[C@@H](C)NC[C@@H]4CN4CCOC[C@H]4C)c4cc(Cc5ccc(F)cc5)ccc43)cc2)ccc1F)C1CCOCC1.Cl. The van der Waals surface area contributed by atoms with Crippen LogP contribution in [0.15, 0.2) is 109 Å². The number of rotatable bonds is 18. The lowest BCUT2D eigenvalue weighted by atomic mass is 9.83. The Morgan fingerprint density at radius 1 is 0.821 bits per heavy atom. The van der Waals surface area contributed by atoms with Gasteiger partial charge in [-0.05, 0) is 142 Å². The number of amides is 5. The molecule has 84 heavy (non-hydrogen) atoms. The Kier molecular flexibility index (Phi) is 19.8. The molecule has 3 saturated heterocycles. The highest BCUT2D eigenvalue weighted by atomic mass is 35.5. The second kappa shape index (κ2) is 26.9. The third kappa shape index (κ3) is 13.7.